The molecule has 0 spiro atoms. The van der Waals surface area contributed by atoms with Gasteiger partial charge in [-0.3, -0.25) is 4.79 Å². The lowest BCUT2D eigenvalue weighted by molar-refractivity contribution is -0.121. The topological polar surface area (TPSA) is 74.2 Å². The highest BCUT2D eigenvalue weighted by Crippen LogP contribution is 2.28. The average molecular weight is 320 g/mol. The van der Waals surface area contributed by atoms with Gasteiger partial charge in [-0.05, 0) is 12.3 Å². The summed E-state index contributed by atoms with van der Waals surface area (Å²) in [5, 5.41) is 2.93. The first-order valence-corrected chi connectivity index (χ1v) is 8.32. The van der Waals surface area contributed by atoms with Gasteiger partial charge in [-0.2, -0.15) is 15.0 Å². The number of nitrogens with zero attached hydrogens (tertiary/aromatic N) is 5. The number of carbonyl (C=O) groups excluding carboxylic acids is 1. The number of hydrogen-bond acceptors (Lipinski definition) is 6. The molecule has 0 unspecified atom stereocenters. The van der Waals surface area contributed by atoms with E-state index in [2.05, 4.69) is 20.3 Å². The Morgan fingerprint density at radius 1 is 1.04 bits per heavy atom. The number of anilines is 2. The second-order valence-corrected chi connectivity index (χ2v) is 6.61. The molecule has 0 radical (unpaired) electrons. The predicted molar refractivity (Wildman–Crippen MR) is 91.5 cm³/mol. The van der Waals surface area contributed by atoms with Gasteiger partial charge in [0.25, 0.3) is 0 Å². The summed E-state index contributed by atoms with van der Waals surface area (Å²) in [5.41, 5.74) is 0. The van der Waals surface area contributed by atoms with Gasteiger partial charge in [-0.1, -0.05) is 25.7 Å². The van der Waals surface area contributed by atoms with E-state index in [0.29, 0.717) is 30.7 Å². The Bertz CT molecular complexity index is 499. The fourth-order valence-corrected chi connectivity index (χ4v) is 2.77. The van der Waals surface area contributed by atoms with Crippen LogP contribution in [0.3, 0.4) is 0 Å². The minimum Gasteiger partial charge on any atom is -0.349 e. The Hall–Kier alpha value is -1.92. The van der Waals surface area contributed by atoms with E-state index in [0.717, 1.165) is 12.3 Å². The summed E-state index contributed by atoms with van der Waals surface area (Å²) >= 11 is 0. The van der Waals surface area contributed by atoms with E-state index in [-0.39, 0.29) is 5.91 Å². The number of nitrogens with one attached hydrogen (secondary N) is 1. The molecule has 1 amide bonds. The first kappa shape index (κ1) is 17.4. The Morgan fingerprint density at radius 3 is 2.13 bits per heavy atom. The molecule has 7 heteroatoms. The number of amides is 1. The molecule has 128 valence electrons. The van der Waals surface area contributed by atoms with Crippen LogP contribution < -0.4 is 15.1 Å². The normalized spacial score (nSPS) is 14.8. The van der Waals surface area contributed by atoms with E-state index in [1.54, 1.807) is 0 Å². The fourth-order valence-electron chi connectivity index (χ4n) is 2.77. The standard InChI is InChI=1S/C16H28N6O/c1-21(2)15-18-13(19-16(20-15)22(3)4)11-17-14(23)10-9-12-7-5-6-8-12/h12H,5-11H2,1-4H3,(H,17,23). The van der Waals surface area contributed by atoms with Gasteiger partial charge in [0.2, 0.25) is 17.8 Å². The summed E-state index contributed by atoms with van der Waals surface area (Å²) in [6.07, 6.45) is 6.78. The molecule has 7 nitrogen and oxygen atoms in total. The summed E-state index contributed by atoms with van der Waals surface area (Å²) in [5.74, 6) is 2.59. The van der Waals surface area contributed by atoms with Crippen molar-refractivity contribution < 1.29 is 4.79 Å². The van der Waals surface area contributed by atoms with Crippen molar-refractivity contribution in [2.45, 2.75) is 45.1 Å². The van der Waals surface area contributed by atoms with Crippen LogP contribution in [0.5, 0.6) is 0 Å². The summed E-state index contributed by atoms with van der Waals surface area (Å²) in [6, 6.07) is 0. The van der Waals surface area contributed by atoms with Crippen LogP contribution in [0.1, 0.15) is 44.3 Å². The van der Waals surface area contributed by atoms with Crippen molar-refractivity contribution in [2.75, 3.05) is 38.0 Å². The maximum Gasteiger partial charge on any atom is 0.229 e. The van der Waals surface area contributed by atoms with Gasteiger partial charge in [-0.15, -0.1) is 0 Å². The maximum absolute atomic E-state index is 12.0. The van der Waals surface area contributed by atoms with Gasteiger partial charge in [0.1, 0.15) is 0 Å². The van der Waals surface area contributed by atoms with Crippen LogP contribution in [-0.4, -0.2) is 49.0 Å². The molecule has 0 atom stereocenters. The first-order chi connectivity index (χ1) is 11.0. The zero-order chi connectivity index (χ0) is 16.8. The second-order valence-electron chi connectivity index (χ2n) is 6.61. The predicted octanol–water partition coefficient (Wildman–Crippen LogP) is 1.59. The van der Waals surface area contributed by atoms with Crippen LogP contribution in [0, 0.1) is 5.92 Å². The zero-order valence-corrected chi connectivity index (χ0v) is 14.7. The SMILES string of the molecule is CN(C)c1nc(CNC(=O)CCC2CCCC2)nc(N(C)C)n1. The molecule has 1 fully saturated rings. The Balaban J connectivity index is 1.89. The minimum atomic E-state index is 0.0788. The van der Waals surface area contributed by atoms with E-state index < -0.39 is 0 Å². The number of carbonyl (C=O) groups is 1. The molecular weight excluding hydrogens is 292 g/mol. The van der Waals surface area contributed by atoms with Crippen molar-refractivity contribution in [2.24, 2.45) is 5.92 Å². The molecule has 23 heavy (non-hydrogen) atoms. The third kappa shape index (κ3) is 5.33. The highest BCUT2D eigenvalue weighted by molar-refractivity contribution is 5.75. The van der Waals surface area contributed by atoms with E-state index in [1.807, 2.05) is 38.0 Å². The number of aromatic nitrogens is 3. The van der Waals surface area contributed by atoms with Crippen LogP contribution >= 0.6 is 0 Å². The molecule has 1 N–H and O–H groups in total. The van der Waals surface area contributed by atoms with Crippen LogP contribution in [0.2, 0.25) is 0 Å². The van der Waals surface area contributed by atoms with Crippen molar-refractivity contribution in [3.8, 4) is 0 Å². The van der Waals surface area contributed by atoms with E-state index in [1.165, 1.54) is 25.7 Å². The molecule has 1 aromatic heterocycles. The van der Waals surface area contributed by atoms with E-state index >= 15 is 0 Å². The molecule has 0 saturated heterocycles. The highest BCUT2D eigenvalue weighted by atomic mass is 16.1. The lowest BCUT2D eigenvalue weighted by Gasteiger charge is -2.16. The quantitative estimate of drug-likeness (QED) is 0.822. The third-order valence-corrected chi connectivity index (χ3v) is 4.16. The fraction of sp³-hybridized carbons (Fsp3) is 0.750. The molecule has 1 aliphatic carbocycles. The van der Waals surface area contributed by atoms with Crippen LogP contribution in [0.4, 0.5) is 11.9 Å². The molecule has 1 aliphatic rings. The monoisotopic (exact) mass is 320 g/mol. The smallest absolute Gasteiger partial charge is 0.229 e. The summed E-state index contributed by atoms with van der Waals surface area (Å²) < 4.78 is 0. The van der Waals surface area contributed by atoms with Crippen LogP contribution in [-0.2, 0) is 11.3 Å². The van der Waals surface area contributed by atoms with Gasteiger partial charge in [0.15, 0.2) is 5.82 Å². The Morgan fingerprint density at radius 2 is 1.61 bits per heavy atom. The van der Waals surface area contributed by atoms with Crippen molar-refractivity contribution in [1.29, 1.82) is 0 Å². The van der Waals surface area contributed by atoms with Crippen molar-refractivity contribution in [3.05, 3.63) is 5.82 Å². The lowest BCUT2D eigenvalue weighted by Crippen LogP contribution is -2.26. The van der Waals surface area contributed by atoms with Crippen LogP contribution in [0.15, 0.2) is 0 Å². The number of hydrogen-bond donors (Lipinski definition) is 1. The largest absolute Gasteiger partial charge is 0.349 e. The van der Waals surface area contributed by atoms with E-state index in [4.69, 9.17) is 0 Å². The average Bonchev–Trinajstić information content (AvgIpc) is 3.04. The molecule has 0 aliphatic heterocycles. The lowest BCUT2D eigenvalue weighted by atomic mass is 10.0. The maximum atomic E-state index is 12.0. The van der Waals surface area contributed by atoms with Gasteiger partial charge < -0.3 is 15.1 Å². The van der Waals surface area contributed by atoms with Crippen molar-refractivity contribution >= 4 is 17.8 Å². The summed E-state index contributed by atoms with van der Waals surface area (Å²) in [7, 11) is 7.55. The van der Waals surface area contributed by atoms with Gasteiger partial charge >= 0.3 is 0 Å². The van der Waals surface area contributed by atoms with Gasteiger partial charge in [0, 0.05) is 34.6 Å². The van der Waals surface area contributed by atoms with Gasteiger partial charge in [0.05, 0.1) is 6.54 Å². The molecule has 1 heterocycles. The molecular formula is C16H28N6O. The summed E-state index contributed by atoms with van der Waals surface area (Å²) in [4.78, 5) is 28.8. The van der Waals surface area contributed by atoms with E-state index in [9.17, 15) is 4.79 Å². The third-order valence-electron chi connectivity index (χ3n) is 4.16. The minimum absolute atomic E-state index is 0.0788. The van der Waals surface area contributed by atoms with Gasteiger partial charge in [-0.25, -0.2) is 0 Å². The first-order valence-electron chi connectivity index (χ1n) is 8.32. The zero-order valence-electron chi connectivity index (χ0n) is 14.7. The molecule has 2 rings (SSSR count). The second kappa shape index (κ2) is 8.08. The highest BCUT2D eigenvalue weighted by Gasteiger charge is 2.16. The molecule has 1 saturated carbocycles. The van der Waals surface area contributed by atoms with Crippen molar-refractivity contribution in [3.63, 3.8) is 0 Å². The number of rotatable bonds is 7. The molecule has 0 bridgehead atoms. The summed E-state index contributed by atoms with van der Waals surface area (Å²) in [6.45, 7) is 0.341. The van der Waals surface area contributed by atoms with Crippen LogP contribution in [0.25, 0.3) is 0 Å². The molecule has 0 aromatic carbocycles. The van der Waals surface area contributed by atoms with Crippen molar-refractivity contribution in [1.82, 2.24) is 20.3 Å². The molecule has 1 aromatic rings. The Labute approximate surface area is 138 Å². The Kier molecular flexibility index (Phi) is 6.12.